The van der Waals surface area contributed by atoms with E-state index in [9.17, 15) is 9.59 Å². The number of nitrogens with zero attached hydrogens (tertiary/aromatic N) is 2. The molecule has 1 aromatic rings. The smallest absolute Gasteiger partial charge is 0.318 e. The fourth-order valence-corrected chi connectivity index (χ4v) is 3.48. The predicted octanol–water partition coefficient (Wildman–Crippen LogP) is 3.43. The highest BCUT2D eigenvalue weighted by atomic mass is 28.3. The number of hydrogen-bond acceptors (Lipinski definition) is 2. The minimum atomic E-state index is -2.10. The molecule has 0 fully saturated rings. The Labute approximate surface area is 122 Å². The highest BCUT2D eigenvalue weighted by molar-refractivity contribution is 6.78. The van der Waals surface area contributed by atoms with Crippen LogP contribution in [0.25, 0.3) is 0 Å². The fraction of sp³-hybridized carbons (Fsp3) is 0.467. The maximum atomic E-state index is 12.7. The van der Waals surface area contributed by atoms with Gasteiger partial charge in [-0.1, -0.05) is 37.8 Å². The van der Waals surface area contributed by atoms with Crippen molar-refractivity contribution in [1.29, 1.82) is 0 Å². The van der Waals surface area contributed by atoms with Crippen LogP contribution in [-0.2, 0) is 0 Å². The summed E-state index contributed by atoms with van der Waals surface area (Å²) in [5.41, 5.74) is 0.565. The molecule has 0 saturated carbocycles. The van der Waals surface area contributed by atoms with E-state index in [2.05, 4.69) is 0 Å². The molecule has 0 unspecified atom stereocenters. The van der Waals surface area contributed by atoms with Gasteiger partial charge in [0.1, 0.15) is 0 Å². The summed E-state index contributed by atoms with van der Waals surface area (Å²) in [5, 5.41) is 0. The van der Waals surface area contributed by atoms with Crippen molar-refractivity contribution in [2.75, 3.05) is 13.1 Å². The first kappa shape index (κ1) is 16.4. The molecule has 0 bridgehead atoms. The van der Waals surface area contributed by atoms with Crippen molar-refractivity contribution < 1.29 is 9.59 Å². The lowest BCUT2D eigenvalue weighted by Gasteiger charge is -2.36. The number of carbonyl (C=O) groups is 2. The third-order valence-electron chi connectivity index (χ3n) is 3.12. The lowest BCUT2D eigenvalue weighted by molar-refractivity contribution is 0.0852. The zero-order valence-electron chi connectivity index (χ0n) is 13.0. The molecule has 0 aliphatic carbocycles. The van der Waals surface area contributed by atoms with Crippen LogP contribution in [-0.4, -0.2) is 42.7 Å². The fourth-order valence-electron chi connectivity index (χ4n) is 2.02. The largest absolute Gasteiger partial charge is 0.326 e. The number of amides is 3. The summed E-state index contributed by atoms with van der Waals surface area (Å²) < 4.78 is 1.48. The lowest BCUT2D eigenvalue weighted by Crippen LogP contribution is -2.57. The van der Waals surface area contributed by atoms with Gasteiger partial charge >= 0.3 is 6.03 Å². The molecule has 0 aromatic heterocycles. The second kappa shape index (κ2) is 6.70. The molecule has 0 atom stereocenters. The second-order valence-electron chi connectivity index (χ2n) is 5.63. The van der Waals surface area contributed by atoms with E-state index in [0.717, 1.165) is 0 Å². The summed E-state index contributed by atoms with van der Waals surface area (Å²) in [6, 6.07) is 8.83. The van der Waals surface area contributed by atoms with Crippen LogP contribution >= 0.6 is 0 Å². The first-order valence-corrected chi connectivity index (χ1v) is 10.5. The predicted molar refractivity (Wildman–Crippen MR) is 84.3 cm³/mol. The van der Waals surface area contributed by atoms with E-state index in [1.165, 1.54) is 4.57 Å². The van der Waals surface area contributed by atoms with Crippen molar-refractivity contribution in [3.63, 3.8) is 0 Å². The van der Waals surface area contributed by atoms with Crippen molar-refractivity contribution >= 4 is 20.2 Å². The van der Waals surface area contributed by atoms with Gasteiger partial charge in [0.2, 0.25) is 0 Å². The van der Waals surface area contributed by atoms with Gasteiger partial charge in [-0.2, -0.15) is 0 Å². The molecule has 110 valence electrons. The Morgan fingerprint density at radius 3 is 1.90 bits per heavy atom. The number of rotatable bonds is 4. The lowest BCUT2D eigenvalue weighted by atomic mass is 10.2. The SMILES string of the molecule is CCN(CC)C(=O)N(C(=O)c1ccccc1)[Si](C)(C)C. The Hall–Kier alpha value is -1.62. The van der Waals surface area contributed by atoms with Crippen molar-refractivity contribution in [2.24, 2.45) is 0 Å². The van der Waals surface area contributed by atoms with Crippen molar-refractivity contribution in [3.8, 4) is 0 Å². The third kappa shape index (κ3) is 3.69. The molecule has 4 nitrogen and oxygen atoms in total. The Morgan fingerprint density at radius 1 is 1.00 bits per heavy atom. The van der Waals surface area contributed by atoms with E-state index in [-0.39, 0.29) is 11.9 Å². The highest BCUT2D eigenvalue weighted by Gasteiger charge is 2.36. The summed E-state index contributed by atoms with van der Waals surface area (Å²) in [7, 11) is -2.10. The normalized spacial score (nSPS) is 11.1. The molecule has 1 aromatic carbocycles. The average molecular weight is 292 g/mol. The average Bonchev–Trinajstić information content (AvgIpc) is 2.39. The molecule has 0 aliphatic rings. The number of hydrogen-bond donors (Lipinski definition) is 0. The molecule has 20 heavy (non-hydrogen) atoms. The van der Waals surface area contributed by atoms with Gasteiger partial charge in [-0.15, -0.1) is 0 Å². The van der Waals surface area contributed by atoms with Crippen LogP contribution < -0.4 is 0 Å². The quantitative estimate of drug-likeness (QED) is 0.798. The van der Waals surface area contributed by atoms with Crippen LogP contribution in [0.4, 0.5) is 4.79 Å². The summed E-state index contributed by atoms with van der Waals surface area (Å²) in [4.78, 5) is 27.0. The van der Waals surface area contributed by atoms with E-state index < -0.39 is 8.24 Å². The minimum absolute atomic E-state index is 0.178. The van der Waals surface area contributed by atoms with Crippen LogP contribution in [0, 0.1) is 0 Å². The van der Waals surface area contributed by atoms with Gasteiger partial charge in [0.15, 0.2) is 8.24 Å². The Bertz CT molecular complexity index is 465. The van der Waals surface area contributed by atoms with Crippen LogP contribution in [0.3, 0.4) is 0 Å². The van der Waals surface area contributed by atoms with Gasteiger partial charge in [0, 0.05) is 18.7 Å². The Morgan fingerprint density at radius 2 is 1.50 bits per heavy atom. The van der Waals surface area contributed by atoms with Crippen LogP contribution in [0.15, 0.2) is 30.3 Å². The zero-order chi connectivity index (χ0) is 15.3. The van der Waals surface area contributed by atoms with Gasteiger partial charge in [-0.25, -0.2) is 4.79 Å². The first-order valence-electron chi connectivity index (χ1n) is 7.01. The number of imide groups is 1. The molecular formula is C15H24N2O2Si. The standard InChI is InChI=1S/C15H24N2O2Si/c1-6-16(7-2)15(19)17(20(3,4)5)14(18)13-11-9-8-10-12-13/h8-12H,6-7H2,1-5H3. The van der Waals surface area contributed by atoms with E-state index >= 15 is 0 Å². The van der Waals surface area contributed by atoms with Crippen molar-refractivity contribution in [1.82, 2.24) is 9.47 Å². The number of benzene rings is 1. The highest BCUT2D eigenvalue weighted by Crippen LogP contribution is 2.17. The topological polar surface area (TPSA) is 40.6 Å². The van der Waals surface area contributed by atoms with Gasteiger partial charge in [0.05, 0.1) is 0 Å². The molecule has 0 saturated heterocycles. The molecule has 3 amide bonds. The second-order valence-corrected chi connectivity index (χ2v) is 10.4. The molecular weight excluding hydrogens is 268 g/mol. The molecule has 5 heteroatoms. The van der Waals surface area contributed by atoms with Crippen LogP contribution in [0.5, 0.6) is 0 Å². The van der Waals surface area contributed by atoms with Gasteiger partial charge in [0.25, 0.3) is 5.91 Å². The van der Waals surface area contributed by atoms with E-state index in [4.69, 9.17) is 0 Å². The van der Waals surface area contributed by atoms with E-state index in [1.54, 1.807) is 17.0 Å². The van der Waals surface area contributed by atoms with Gasteiger partial charge < -0.3 is 4.90 Å². The van der Waals surface area contributed by atoms with Crippen molar-refractivity contribution in [3.05, 3.63) is 35.9 Å². The van der Waals surface area contributed by atoms with Crippen LogP contribution in [0.1, 0.15) is 24.2 Å². The third-order valence-corrected chi connectivity index (χ3v) is 4.86. The minimum Gasteiger partial charge on any atom is -0.326 e. The van der Waals surface area contributed by atoms with Crippen LogP contribution in [0.2, 0.25) is 19.6 Å². The zero-order valence-corrected chi connectivity index (χ0v) is 14.0. The molecule has 1 rings (SSSR count). The Balaban J connectivity index is 3.15. The van der Waals surface area contributed by atoms with Gasteiger partial charge in [-0.3, -0.25) is 9.36 Å². The first-order chi connectivity index (χ1) is 9.32. The summed E-state index contributed by atoms with van der Waals surface area (Å²) in [6.07, 6.45) is 0. The summed E-state index contributed by atoms with van der Waals surface area (Å²) >= 11 is 0. The van der Waals surface area contributed by atoms with Crippen molar-refractivity contribution in [2.45, 2.75) is 33.5 Å². The van der Waals surface area contributed by atoms with E-state index in [1.807, 2.05) is 51.7 Å². The number of urea groups is 1. The van der Waals surface area contributed by atoms with Gasteiger partial charge in [-0.05, 0) is 26.0 Å². The maximum Gasteiger partial charge on any atom is 0.318 e. The summed E-state index contributed by atoms with van der Waals surface area (Å²) in [5.74, 6) is -0.193. The molecule has 0 heterocycles. The summed E-state index contributed by atoms with van der Waals surface area (Å²) in [6.45, 7) is 11.1. The monoisotopic (exact) mass is 292 g/mol. The molecule has 0 spiro atoms. The molecule has 0 radical (unpaired) electrons. The number of carbonyl (C=O) groups excluding carboxylic acids is 2. The molecule has 0 N–H and O–H groups in total. The Kier molecular flexibility index (Phi) is 5.50. The molecule has 0 aliphatic heterocycles. The van der Waals surface area contributed by atoms with E-state index in [0.29, 0.717) is 18.7 Å². The maximum absolute atomic E-state index is 12.7.